The largest absolute Gasteiger partial charge is 0.504 e. The van der Waals surface area contributed by atoms with E-state index >= 15 is 0 Å². The molecule has 106 valence electrons. The minimum Gasteiger partial charge on any atom is -0.504 e. The Labute approximate surface area is 121 Å². The first-order valence-electron chi connectivity index (χ1n) is 6.26. The van der Waals surface area contributed by atoms with Crippen LogP contribution in [0, 0.1) is 0 Å². The summed E-state index contributed by atoms with van der Waals surface area (Å²) in [7, 11) is 0. The molecule has 0 saturated carbocycles. The minimum absolute atomic E-state index is 0.119. The van der Waals surface area contributed by atoms with Crippen LogP contribution in [0.2, 0.25) is 0 Å². The van der Waals surface area contributed by atoms with Crippen LogP contribution in [0.3, 0.4) is 0 Å². The van der Waals surface area contributed by atoms with Gasteiger partial charge in [0.2, 0.25) is 0 Å². The number of rotatable bonds is 4. The zero-order valence-corrected chi connectivity index (χ0v) is 11.1. The van der Waals surface area contributed by atoms with Crippen molar-refractivity contribution in [3.63, 3.8) is 0 Å². The number of benzene rings is 2. The van der Waals surface area contributed by atoms with Crippen molar-refractivity contribution < 1.29 is 20.1 Å². The van der Waals surface area contributed by atoms with E-state index in [0.29, 0.717) is 5.56 Å². The summed E-state index contributed by atoms with van der Waals surface area (Å²) in [5, 5.41) is 27.8. The van der Waals surface area contributed by atoms with Crippen LogP contribution in [-0.2, 0) is 4.79 Å². The minimum atomic E-state index is -1.04. The van der Waals surface area contributed by atoms with E-state index < -0.39 is 5.97 Å². The Morgan fingerprint density at radius 2 is 1.62 bits per heavy atom. The molecule has 0 fully saturated rings. The lowest BCUT2D eigenvalue weighted by Crippen LogP contribution is -1.97. The molecule has 0 unspecified atom stereocenters. The molecule has 0 aliphatic rings. The van der Waals surface area contributed by atoms with Crippen LogP contribution < -0.4 is 0 Å². The van der Waals surface area contributed by atoms with Crippen LogP contribution in [-0.4, -0.2) is 21.3 Å². The monoisotopic (exact) mass is 282 g/mol. The number of carboxylic acid groups (broad SMARTS) is 1. The van der Waals surface area contributed by atoms with Crippen molar-refractivity contribution in [2.75, 3.05) is 0 Å². The Morgan fingerprint density at radius 3 is 2.24 bits per heavy atom. The molecule has 21 heavy (non-hydrogen) atoms. The average molecular weight is 282 g/mol. The summed E-state index contributed by atoms with van der Waals surface area (Å²) >= 11 is 0. The van der Waals surface area contributed by atoms with Crippen molar-refractivity contribution in [3.8, 4) is 11.5 Å². The molecular weight excluding hydrogens is 268 g/mol. The van der Waals surface area contributed by atoms with Crippen LogP contribution in [0.15, 0.2) is 60.2 Å². The summed E-state index contributed by atoms with van der Waals surface area (Å²) in [5.74, 6) is -1.51. The van der Waals surface area contributed by atoms with Gasteiger partial charge in [-0.15, -0.1) is 0 Å². The lowest BCUT2D eigenvalue weighted by atomic mass is 10.1. The van der Waals surface area contributed by atoms with Gasteiger partial charge in [0, 0.05) is 0 Å². The Bertz CT molecular complexity index is 700. The number of aliphatic carboxylic acids is 1. The fourth-order valence-electron chi connectivity index (χ4n) is 1.74. The number of hydrogen-bond acceptors (Lipinski definition) is 3. The van der Waals surface area contributed by atoms with Gasteiger partial charge in [-0.25, -0.2) is 4.79 Å². The first-order chi connectivity index (χ1) is 10.1. The van der Waals surface area contributed by atoms with Gasteiger partial charge < -0.3 is 15.3 Å². The summed E-state index contributed by atoms with van der Waals surface area (Å²) in [4.78, 5) is 11.2. The van der Waals surface area contributed by atoms with Gasteiger partial charge in [0.25, 0.3) is 0 Å². The highest BCUT2D eigenvalue weighted by molar-refractivity contribution is 5.96. The normalized spacial score (nSPS) is 11.7. The molecule has 0 amide bonds. The molecule has 0 radical (unpaired) electrons. The SMILES string of the molecule is O=C(O)C(C=Cc1ccc(O)c(O)c1)=Cc1ccccc1. The first-order valence-corrected chi connectivity index (χ1v) is 6.26. The molecule has 0 aromatic heterocycles. The zero-order valence-electron chi connectivity index (χ0n) is 11.1. The average Bonchev–Trinajstić information content (AvgIpc) is 2.47. The Balaban J connectivity index is 2.28. The molecule has 0 spiro atoms. The zero-order chi connectivity index (χ0) is 15.2. The van der Waals surface area contributed by atoms with Crippen molar-refractivity contribution in [2.45, 2.75) is 0 Å². The summed E-state index contributed by atoms with van der Waals surface area (Å²) in [6, 6.07) is 13.4. The fraction of sp³-hybridized carbons (Fsp3) is 0. The summed E-state index contributed by atoms with van der Waals surface area (Å²) in [5.41, 5.74) is 1.49. The maximum absolute atomic E-state index is 11.2. The van der Waals surface area contributed by atoms with Crippen molar-refractivity contribution in [1.82, 2.24) is 0 Å². The van der Waals surface area contributed by atoms with Crippen molar-refractivity contribution >= 4 is 18.1 Å². The van der Waals surface area contributed by atoms with Gasteiger partial charge >= 0.3 is 5.97 Å². The second-order valence-corrected chi connectivity index (χ2v) is 4.40. The molecule has 0 aliphatic heterocycles. The highest BCUT2D eigenvalue weighted by Gasteiger charge is 2.04. The highest BCUT2D eigenvalue weighted by Crippen LogP contribution is 2.25. The van der Waals surface area contributed by atoms with Crippen molar-refractivity contribution in [2.24, 2.45) is 0 Å². The van der Waals surface area contributed by atoms with Gasteiger partial charge in [0.15, 0.2) is 11.5 Å². The maximum Gasteiger partial charge on any atom is 0.335 e. The number of carboxylic acids is 1. The van der Waals surface area contributed by atoms with Gasteiger partial charge in [-0.05, 0) is 35.4 Å². The molecule has 0 aliphatic carbocycles. The fourth-order valence-corrected chi connectivity index (χ4v) is 1.74. The van der Waals surface area contributed by atoms with E-state index in [2.05, 4.69) is 0 Å². The standard InChI is InChI=1S/C17H14O4/c18-15-9-7-13(11-16(15)19)6-8-14(17(20)21)10-12-4-2-1-3-5-12/h1-11,18-19H,(H,20,21). The third-order valence-electron chi connectivity index (χ3n) is 2.82. The molecule has 0 bridgehead atoms. The molecule has 2 rings (SSSR count). The first kappa shape index (κ1) is 14.4. The molecule has 0 saturated heterocycles. The van der Waals surface area contributed by atoms with E-state index in [1.807, 2.05) is 30.3 Å². The van der Waals surface area contributed by atoms with Gasteiger partial charge in [-0.3, -0.25) is 0 Å². The summed E-state index contributed by atoms with van der Waals surface area (Å²) < 4.78 is 0. The third kappa shape index (κ3) is 3.98. The summed E-state index contributed by atoms with van der Waals surface area (Å²) in [6.45, 7) is 0. The number of hydrogen-bond donors (Lipinski definition) is 3. The van der Waals surface area contributed by atoms with Crippen LogP contribution in [0.1, 0.15) is 11.1 Å². The van der Waals surface area contributed by atoms with Gasteiger partial charge in [-0.1, -0.05) is 42.5 Å². The van der Waals surface area contributed by atoms with Crippen molar-refractivity contribution in [3.05, 3.63) is 71.3 Å². The van der Waals surface area contributed by atoms with Crippen LogP contribution >= 0.6 is 0 Å². The third-order valence-corrected chi connectivity index (χ3v) is 2.82. The number of phenols is 2. The topological polar surface area (TPSA) is 77.8 Å². The van der Waals surface area contributed by atoms with Crippen LogP contribution in [0.4, 0.5) is 0 Å². The smallest absolute Gasteiger partial charge is 0.335 e. The predicted octanol–water partition coefficient (Wildman–Crippen LogP) is 3.28. The van der Waals surface area contributed by atoms with E-state index in [-0.39, 0.29) is 17.1 Å². The van der Waals surface area contributed by atoms with E-state index in [0.717, 1.165) is 5.56 Å². The molecule has 2 aromatic rings. The van der Waals surface area contributed by atoms with E-state index in [9.17, 15) is 20.1 Å². The molecular formula is C17H14O4. The van der Waals surface area contributed by atoms with Gasteiger partial charge in [0.1, 0.15) is 0 Å². The van der Waals surface area contributed by atoms with Crippen LogP contribution in [0.25, 0.3) is 12.2 Å². The lowest BCUT2D eigenvalue weighted by molar-refractivity contribution is -0.132. The molecule has 0 atom stereocenters. The van der Waals surface area contributed by atoms with Crippen molar-refractivity contribution in [1.29, 1.82) is 0 Å². The molecule has 4 heteroatoms. The molecule has 0 heterocycles. The van der Waals surface area contributed by atoms with Gasteiger partial charge in [0.05, 0.1) is 5.57 Å². The Hall–Kier alpha value is -3.01. The Morgan fingerprint density at radius 1 is 0.905 bits per heavy atom. The maximum atomic E-state index is 11.2. The predicted molar refractivity (Wildman–Crippen MR) is 80.9 cm³/mol. The van der Waals surface area contributed by atoms with E-state index in [1.165, 1.54) is 18.2 Å². The second-order valence-electron chi connectivity index (χ2n) is 4.40. The Kier molecular flexibility index (Phi) is 4.41. The van der Waals surface area contributed by atoms with Crippen LogP contribution in [0.5, 0.6) is 11.5 Å². The molecule has 2 aromatic carbocycles. The lowest BCUT2D eigenvalue weighted by Gasteiger charge is -2.00. The van der Waals surface area contributed by atoms with E-state index in [4.69, 9.17) is 0 Å². The highest BCUT2D eigenvalue weighted by atomic mass is 16.4. The number of carbonyl (C=O) groups is 1. The molecule has 4 nitrogen and oxygen atoms in total. The number of phenolic OH excluding ortho intramolecular Hbond substituents is 2. The summed E-state index contributed by atoms with van der Waals surface area (Å²) in [6.07, 6.45) is 4.56. The second kappa shape index (κ2) is 6.43. The quantitative estimate of drug-likeness (QED) is 0.457. The van der Waals surface area contributed by atoms with Gasteiger partial charge in [-0.2, -0.15) is 0 Å². The molecule has 3 N–H and O–H groups in total. The van der Waals surface area contributed by atoms with E-state index in [1.54, 1.807) is 18.2 Å². The number of aromatic hydroxyl groups is 2.